The van der Waals surface area contributed by atoms with E-state index in [9.17, 15) is 24.0 Å². The average molecular weight is 535 g/mol. The summed E-state index contributed by atoms with van der Waals surface area (Å²) in [4.78, 5) is 60.9. The summed E-state index contributed by atoms with van der Waals surface area (Å²) >= 11 is 4.83. The van der Waals surface area contributed by atoms with Crippen LogP contribution in [0.15, 0.2) is 60.7 Å². The first-order chi connectivity index (χ1) is 17.1. The van der Waals surface area contributed by atoms with Gasteiger partial charge in [-0.1, -0.05) is 36.4 Å². The Bertz CT molecular complexity index is 1050. The van der Waals surface area contributed by atoms with E-state index >= 15 is 0 Å². The minimum atomic E-state index is -1.04. The Labute approximate surface area is 218 Å². The van der Waals surface area contributed by atoms with Gasteiger partial charge in [0.2, 0.25) is 13.6 Å². The summed E-state index contributed by atoms with van der Waals surface area (Å²) in [6.07, 6.45) is -0.259. The fourth-order valence-electron chi connectivity index (χ4n) is 2.60. The molecule has 36 heavy (non-hydrogen) atoms. The lowest BCUT2D eigenvalue weighted by Gasteiger charge is -2.20. The van der Waals surface area contributed by atoms with Gasteiger partial charge in [0.25, 0.3) is 0 Å². The molecular formula is C25H26O9S2. The number of ketones is 1. The number of Topliss-reactive ketones (excluding diaryl/α,β-unsaturated/α-hetero) is 1. The van der Waals surface area contributed by atoms with E-state index in [1.54, 1.807) is 74.5 Å². The largest absolute Gasteiger partial charge is 0.428 e. The predicted molar refractivity (Wildman–Crippen MR) is 135 cm³/mol. The van der Waals surface area contributed by atoms with Crippen LogP contribution in [0.25, 0.3) is 0 Å². The first-order valence-electron chi connectivity index (χ1n) is 10.7. The Morgan fingerprint density at radius 2 is 1.25 bits per heavy atom. The van der Waals surface area contributed by atoms with E-state index in [-0.39, 0.29) is 23.5 Å². The van der Waals surface area contributed by atoms with Crippen molar-refractivity contribution in [1.82, 2.24) is 0 Å². The number of carbonyl (C=O) groups excluding carboxylic acids is 5. The highest BCUT2D eigenvalue weighted by Crippen LogP contribution is 2.23. The third kappa shape index (κ3) is 10.1. The lowest BCUT2D eigenvalue weighted by molar-refractivity contribution is -0.157. The quantitative estimate of drug-likeness (QED) is 0.239. The third-order valence-electron chi connectivity index (χ3n) is 4.63. The average Bonchev–Trinajstić information content (AvgIpc) is 2.86. The van der Waals surface area contributed by atoms with E-state index < -0.39 is 47.5 Å². The Morgan fingerprint density at radius 3 is 1.72 bits per heavy atom. The molecule has 2 aromatic carbocycles. The molecule has 0 aliphatic heterocycles. The van der Waals surface area contributed by atoms with Crippen molar-refractivity contribution in [2.45, 2.75) is 25.0 Å². The molecule has 0 heterocycles. The van der Waals surface area contributed by atoms with Gasteiger partial charge in [-0.2, -0.15) is 12.6 Å². The molecule has 0 spiro atoms. The number of rotatable bonds is 12. The van der Waals surface area contributed by atoms with Gasteiger partial charge in [0.05, 0.1) is 21.8 Å². The number of benzene rings is 2. The molecule has 2 rings (SSSR count). The first kappa shape index (κ1) is 28.9. The van der Waals surface area contributed by atoms with Crippen molar-refractivity contribution in [3.63, 3.8) is 0 Å². The Hall–Kier alpha value is -3.31. The molecule has 0 aliphatic rings. The fourth-order valence-corrected chi connectivity index (χ4v) is 3.41. The van der Waals surface area contributed by atoms with Crippen LogP contribution >= 0.6 is 24.4 Å². The standard InChI is InChI=1S/C25H26O9S2/c1-25(2,35)20(26)13-19(23(29)32-15-31-21(27)17-9-5-3-6-10-17)14-36-24(30)34-16-33-22(28)18-11-7-4-8-12-18/h3-12,19,35H,13-16H2,1-2H3/t19-/m0/s1. The molecule has 11 heteroatoms. The molecule has 0 aliphatic carbocycles. The van der Waals surface area contributed by atoms with E-state index in [1.165, 1.54) is 0 Å². The van der Waals surface area contributed by atoms with Crippen LogP contribution in [0.5, 0.6) is 0 Å². The van der Waals surface area contributed by atoms with Crippen LogP contribution in [0.4, 0.5) is 4.79 Å². The molecule has 2 aromatic rings. The molecule has 0 radical (unpaired) electrons. The van der Waals surface area contributed by atoms with Crippen LogP contribution in [0.3, 0.4) is 0 Å². The number of esters is 3. The van der Waals surface area contributed by atoms with Crippen LogP contribution < -0.4 is 0 Å². The Morgan fingerprint density at radius 1 is 0.778 bits per heavy atom. The zero-order valence-corrected chi connectivity index (χ0v) is 21.4. The maximum Gasteiger partial charge on any atom is 0.370 e. The first-order valence-corrected chi connectivity index (χ1v) is 12.2. The lowest BCUT2D eigenvalue weighted by atomic mass is 9.97. The van der Waals surface area contributed by atoms with Crippen molar-refractivity contribution in [2.24, 2.45) is 5.92 Å². The SMILES string of the molecule is CC(C)(S)C(=O)C[C@@H](CSC(=O)OCOC(=O)c1ccccc1)C(=O)OCOC(=O)c1ccccc1. The topological polar surface area (TPSA) is 122 Å². The van der Waals surface area contributed by atoms with Gasteiger partial charge in [-0.05, 0) is 49.9 Å². The maximum absolute atomic E-state index is 12.6. The zero-order valence-electron chi connectivity index (χ0n) is 19.7. The summed E-state index contributed by atoms with van der Waals surface area (Å²) in [6, 6.07) is 16.3. The number of thioether (sulfide) groups is 1. The molecule has 192 valence electrons. The minimum Gasteiger partial charge on any atom is -0.428 e. The molecule has 0 fully saturated rings. The van der Waals surface area contributed by atoms with E-state index in [0.29, 0.717) is 17.3 Å². The maximum atomic E-state index is 12.6. The highest BCUT2D eigenvalue weighted by atomic mass is 32.2. The van der Waals surface area contributed by atoms with E-state index in [2.05, 4.69) is 12.6 Å². The smallest absolute Gasteiger partial charge is 0.370 e. The Kier molecular flexibility index (Phi) is 11.5. The molecule has 1 atom stereocenters. The third-order valence-corrected chi connectivity index (χ3v) is 5.80. The van der Waals surface area contributed by atoms with Gasteiger partial charge < -0.3 is 18.9 Å². The van der Waals surface area contributed by atoms with Gasteiger partial charge in [0, 0.05) is 12.2 Å². The van der Waals surface area contributed by atoms with Crippen molar-refractivity contribution in [3.8, 4) is 0 Å². The fraction of sp³-hybridized carbons (Fsp3) is 0.320. The minimum absolute atomic E-state index is 0.160. The summed E-state index contributed by atoms with van der Waals surface area (Å²) in [5.74, 6) is -3.73. The summed E-state index contributed by atoms with van der Waals surface area (Å²) in [5.41, 5.74) is 0.577. The van der Waals surface area contributed by atoms with Crippen LogP contribution in [0, 0.1) is 5.92 Å². The van der Waals surface area contributed by atoms with E-state index in [4.69, 9.17) is 18.9 Å². The van der Waals surface area contributed by atoms with Crippen molar-refractivity contribution in [2.75, 3.05) is 19.3 Å². The highest BCUT2D eigenvalue weighted by molar-refractivity contribution is 8.13. The Balaban J connectivity index is 1.84. The van der Waals surface area contributed by atoms with Crippen LogP contribution in [-0.2, 0) is 28.5 Å². The van der Waals surface area contributed by atoms with Gasteiger partial charge in [-0.3, -0.25) is 9.59 Å². The lowest BCUT2D eigenvalue weighted by Crippen LogP contribution is -2.32. The van der Waals surface area contributed by atoms with Crippen molar-refractivity contribution in [1.29, 1.82) is 0 Å². The number of hydrogen-bond donors (Lipinski definition) is 1. The van der Waals surface area contributed by atoms with E-state index in [0.717, 1.165) is 0 Å². The van der Waals surface area contributed by atoms with Crippen LogP contribution in [-0.4, -0.2) is 53.1 Å². The normalized spacial score (nSPS) is 11.6. The zero-order chi connectivity index (χ0) is 26.6. The van der Waals surface area contributed by atoms with Gasteiger partial charge in [-0.25, -0.2) is 14.4 Å². The summed E-state index contributed by atoms with van der Waals surface area (Å²) in [7, 11) is 0. The van der Waals surface area contributed by atoms with Crippen LogP contribution in [0.1, 0.15) is 41.0 Å². The highest BCUT2D eigenvalue weighted by Gasteiger charge is 2.31. The second-order valence-corrected chi connectivity index (χ2v) is 9.96. The molecule has 0 amide bonds. The van der Waals surface area contributed by atoms with Gasteiger partial charge in [-0.15, -0.1) is 0 Å². The second kappa shape index (κ2) is 14.3. The monoisotopic (exact) mass is 534 g/mol. The molecule has 0 saturated carbocycles. The van der Waals surface area contributed by atoms with Gasteiger partial charge in [0.15, 0.2) is 0 Å². The number of carbonyl (C=O) groups is 5. The molecule has 9 nitrogen and oxygen atoms in total. The summed E-state index contributed by atoms with van der Waals surface area (Å²) in [6.45, 7) is 1.87. The van der Waals surface area contributed by atoms with Gasteiger partial charge in [0.1, 0.15) is 5.78 Å². The number of thiol groups is 1. The van der Waals surface area contributed by atoms with Crippen LogP contribution in [0.2, 0.25) is 0 Å². The van der Waals surface area contributed by atoms with Crippen molar-refractivity contribution in [3.05, 3.63) is 71.8 Å². The van der Waals surface area contributed by atoms with Gasteiger partial charge >= 0.3 is 23.2 Å². The van der Waals surface area contributed by atoms with Crippen molar-refractivity contribution >= 4 is 53.4 Å². The number of ether oxygens (including phenoxy) is 4. The molecule has 0 unspecified atom stereocenters. The van der Waals surface area contributed by atoms with E-state index in [1.807, 2.05) is 0 Å². The molecule has 0 bridgehead atoms. The summed E-state index contributed by atoms with van der Waals surface area (Å²) in [5, 5.41) is -0.818. The molecule has 0 aromatic heterocycles. The molecule has 0 N–H and O–H groups in total. The second-order valence-electron chi connectivity index (χ2n) is 7.88. The summed E-state index contributed by atoms with van der Waals surface area (Å²) < 4.78 is 18.7. The number of hydrogen-bond acceptors (Lipinski definition) is 11. The van der Waals surface area contributed by atoms with Crippen molar-refractivity contribution < 1.29 is 42.9 Å². The predicted octanol–water partition coefficient (Wildman–Crippen LogP) is 4.31. The molecule has 0 saturated heterocycles. The molecular weight excluding hydrogens is 508 g/mol.